The molecule has 0 amide bonds. The maximum Gasteiger partial charge on any atom is 0.0367 e. The van der Waals surface area contributed by atoms with Gasteiger partial charge in [-0.15, -0.1) is 6.42 Å². The highest BCUT2D eigenvalue weighted by Gasteiger charge is 1.88. The molecular formula is C12H9N3. The van der Waals surface area contributed by atoms with Crippen molar-refractivity contribution in [3.05, 3.63) is 45.8 Å². The van der Waals surface area contributed by atoms with Gasteiger partial charge < -0.3 is 0 Å². The van der Waals surface area contributed by atoms with E-state index in [1.54, 1.807) is 0 Å². The molecule has 0 N–H and O–H groups in total. The van der Waals surface area contributed by atoms with E-state index in [9.17, 15) is 0 Å². The quantitative estimate of drug-likeness (QED) is 0.229. The molecule has 0 aromatic heterocycles. The van der Waals surface area contributed by atoms with Crippen molar-refractivity contribution in [2.75, 3.05) is 6.54 Å². The Hall–Kier alpha value is -2.35. The van der Waals surface area contributed by atoms with Crippen LogP contribution in [0.3, 0.4) is 0 Å². The lowest BCUT2D eigenvalue weighted by molar-refractivity contribution is 1.01. The van der Waals surface area contributed by atoms with Crippen molar-refractivity contribution in [1.29, 1.82) is 0 Å². The lowest BCUT2D eigenvalue weighted by Crippen LogP contribution is -1.78. The van der Waals surface area contributed by atoms with Crippen LogP contribution < -0.4 is 0 Å². The number of nitrogens with zero attached hydrogens (tertiary/aromatic N) is 3. The smallest absolute Gasteiger partial charge is 0.0367 e. The Morgan fingerprint density at radius 2 is 2.20 bits per heavy atom. The minimum atomic E-state index is 0.401. The molecule has 0 bridgehead atoms. The highest BCUT2D eigenvalue weighted by molar-refractivity contribution is 5.42. The zero-order chi connectivity index (χ0) is 10.9. The molecule has 0 aliphatic rings. The van der Waals surface area contributed by atoms with Crippen molar-refractivity contribution in [1.82, 2.24) is 0 Å². The molecule has 1 aromatic carbocycles. The third kappa shape index (κ3) is 3.91. The van der Waals surface area contributed by atoms with Gasteiger partial charge in [0.15, 0.2) is 0 Å². The summed E-state index contributed by atoms with van der Waals surface area (Å²) < 4.78 is 0. The van der Waals surface area contributed by atoms with Crippen LogP contribution >= 0.6 is 0 Å². The van der Waals surface area contributed by atoms with Gasteiger partial charge in [-0.25, -0.2) is 0 Å². The number of terminal acetylenes is 1. The molecular weight excluding hydrogens is 186 g/mol. The van der Waals surface area contributed by atoms with Gasteiger partial charge in [0, 0.05) is 29.0 Å². The molecule has 0 fully saturated rings. The molecule has 1 rings (SSSR count). The van der Waals surface area contributed by atoms with Crippen molar-refractivity contribution in [2.45, 2.75) is 6.42 Å². The molecule has 15 heavy (non-hydrogen) atoms. The zero-order valence-corrected chi connectivity index (χ0v) is 8.14. The zero-order valence-electron chi connectivity index (χ0n) is 8.14. The first-order chi connectivity index (χ1) is 7.36. The first kappa shape index (κ1) is 10.7. The van der Waals surface area contributed by atoms with Gasteiger partial charge in [-0.2, -0.15) is 0 Å². The first-order valence-electron chi connectivity index (χ1n) is 4.43. The van der Waals surface area contributed by atoms with E-state index in [2.05, 4.69) is 27.8 Å². The summed E-state index contributed by atoms with van der Waals surface area (Å²) in [5, 5.41) is 3.38. The second-order valence-corrected chi connectivity index (χ2v) is 2.73. The Labute approximate surface area is 88.8 Å². The van der Waals surface area contributed by atoms with Crippen LogP contribution in [0.4, 0.5) is 0 Å². The van der Waals surface area contributed by atoms with Crippen LogP contribution in [0.1, 0.15) is 17.5 Å². The van der Waals surface area contributed by atoms with Crippen LogP contribution in [0.5, 0.6) is 0 Å². The Kier molecular flexibility index (Phi) is 4.40. The molecule has 0 atom stereocenters. The number of benzene rings is 1. The summed E-state index contributed by atoms with van der Waals surface area (Å²) in [6.07, 6.45) is 5.82. The summed E-state index contributed by atoms with van der Waals surface area (Å²) >= 11 is 0. The van der Waals surface area contributed by atoms with Crippen LogP contribution in [0.15, 0.2) is 29.4 Å². The summed E-state index contributed by atoms with van der Waals surface area (Å²) in [7, 11) is 0. The van der Waals surface area contributed by atoms with Gasteiger partial charge in [0.1, 0.15) is 0 Å². The number of hydrogen-bond acceptors (Lipinski definition) is 1. The van der Waals surface area contributed by atoms with Crippen LogP contribution in [-0.2, 0) is 0 Å². The second kappa shape index (κ2) is 6.16. The Morgan fingerprint density at radius 3 is 2.93 bits per heavy atom. The van der Waals surface area contributed by atoms with Gasteiger partial charge in [-0.3, -0.25) is 0 Å². The molecule has 0 unspecified atom stereocenters. The number of hydrogen-bond donors (Lipinski definition) is 0. The lowest BCUT2D eigenvalue weighted by atomic mass is 10.1. The molecule has 0 radical (unpaired) electrons. The Balaban J connectivity index is 2.64. The molecule has 0 saturated carbocycles. The summed E-state index contributed by atoms with van der Waals surface area (Å²) in [6.45, 7) is 0.401. The molecule has 0 aliphatic heterocycles. The van der Waals surface area contributed by atoms with Crippen LogP contribution in [-0.4, -0.2) is 6.54 Å². The molecule has 1 aromatic rings. The van der Waals surface area contributed by atoms with Gasteiger partial charge in [0.05, 0.1) is 0 Å². The topological polar surface area (TPSA) is 48.8 Å². The lowest BCUT2D eigenvalue weighted by Gasteiger charge is -1.91. The summed E-state index contributed by atoms with van der Waals surface area (Å²) in [4.78, 5) is 2.64. The van der Waals surface area contributed by atoms with Gasteiger partial charge in [0.25, 0.3) is 0 Å². The molecule has 3 nitrogen and oxygen atoms in total. The predicted molar refractivity (Wildman–Crippen MR) is 59.9 cm³/mol. The molecule has 0 aliphatic carbocycles. The molecule has 0 heterocycles. The Bertz CT molecular complexity index is 480. The first-order valence-corrected chi connectivity index (χ1v) is 4.43. The van der Waals surface area contributed by atoms with Crippen molar-refractivity contribution < 1.29 is 0 Å². The van der Waals surface area contributed by atoms with E-state index in [0.29, 0.717) is 13.0 Å². The van der Waals surface area contributed by atoms with Crippen LogP contribution in [0, 0.1) is 24.2 Å². The minimum absolute atomic E-state index is 0.401. The van der Waals surface area contributed by atoms with Gasteiger partial charge >= 0.3 is 0 Å². The average molecular weight is 195 g/mol. The maximum absolute atomic E-state index is 8.04. The fraction of sp³-hybridized carbons (Fsp3) is 0.167. The second-order valence-electron chi connectivity index (χ2n) is 2.73. The SMILES string of the molecule is C#Cc1cccc(C#CCCN=[N+]=[N-])c1. The summed E-state index contributed by atoms with van der Waals surface area (Å²) in [5.41, 5.74) is 9.74. The van der Waals surface area contributed by atoms with Crippen molar-refractivity contribution in [2.24, 2.45) is 5.11 Å². The van der Waals surface area contributed by atoms with E-state index in [1.165, 1.54) is 0 Å². The van der Waals surface area contributed by atoms with E-state index in [1.807, 2.05) is 24.3 Å². The largest absolute Gasteiger partial charge is 0.115 e. The van der Waals surface area contributed by atoms with E-state index in [-0.39, 0.29) is 0 Å². The predicted octanol–water partition coefficient (Wildman–Crippen LogP) is 2.72. The van der Waals surface area contributed by atoms with Crippen LogP contribution in [0.25, 0.3) is 10.4 Å². The maximum atomic E-state index is 8.04. The molecule has 0 spiro atoms. The summed E-state index contributed by atoms with van der Waals surface area (Å²) in [6, 6.07) is 7.46. The highest BCUT2D eigenvalue weighted by Crippen LogP contribution is 2.02. The molecule has 3 heteroatoms. The summed E-state index contributed by atoms with van der Waals surface area (Å²) in [5.74, 6) is 8.40. The van der Waals surface area contributed by atoms with E-state index < -0.39 is 0 Å². The van der Waals surface area contributed by atoms with E-state index >= 15 is 0 Å². The highest BCUT2D eigenvalue weighted by atomic mass is 15.1. The fourth-order valence-electron chi connectivity index (χ4n) is 1.00. The third-order valence-corrected chi connectivity index (χ3v) is 1.66. The monoisotopic (exact) mass is 195 g/mol. The standard InChI is InChI=1S/C12H9N3/c1-2-11-7-5-8-12(10-11)6-3-4-9-14-15-13/h1,5,7-8,10H,4,9H2. The fourth-order valence-corrected chi connectivity index (χ4v) is 1.00. The van der Waals surface area contributed by atoms with Crippen molar-refractivity contribution >= 4 is 0 Å². The van der Waals surface area contributed by atoms with Crippen molar-refractivity contribution in [3.63, 3.8) is 0 Å². The normalized spacial score (nSPS) is 7.93. The van der Waals surface area contributed by atoms with E-state index in [4.69, 9.17) is 12.0 Å². The van der Waals surface area contributed by atoms with Crippen molar-refractivity contribution in [3.8, 4) is 24.2 Å². The van der Waals surface area contributed by atoms with Gasteiger partial charge in [0.2, 0.25) is 0 Å². The minimum Gasteiger partial charge on any atom is -0.115 e. The van der Waals surface area contributed by atoms with Gasteiger partial charge in [-0.05, 0) is 23.7 Å². The Morgan fingerprint density at radius 1 is 1.40 bits per heavy atom. The third-order valence-electron chi connectivity index (χ3n) is 1.66. The van der Waals surface area contributed by atoms with E-state index in [0.717, 1.165) is 11.1 Å². The van der Waals surface area contributed by atoms with Gasteiger partial charge in [-0.1, -0.05) is 28.9 Å². The van der Waals surface area contributed by atoms with Crippen LogP contribution in [0.2, 0.25) is 0 Å². The number of rotatable bonds is 2. The molecule has 72 valence electrons. The molecule has 0 saturated heterocycles. The average Bonchev–Trinajstić information content (AvgIpc) is 2.29. The number of azide groups is 1.